The molecule has 0 aliphatic rings. The standard InChI is InChI=1S/ClH.Cs.HI.2Na.3H/h1H;;1H;;;;;. The van der Waals surface area contributed by atoms with Gasteiger partial charge in [0.25, 0.3) is 0 Å². The van der Waals surface area contributed by atoms with E-state index < -0.39 is 0 Å². The third-order valence-corrected chi connectivity index (χ3v) is 0. The van der Waals surface area contributed by atoms with Crippen LogP contribution in [0.1, 0.15) is 0 Å². The van der Waals surface area contributed by atoms with E-state index >= 15 is 0 Å². The molecular formula is H5ClCsINa2. The number of hydrogen-bond donors (Lipinski definition) is 0. The molecule has 0 atom stereocenters. The molecule has 0 heterocycles. The van der Waals surface area contributed by atoms with Gasteiger partial charge in [-0.25, -0.2) is 0 Å². The van der Waals surface area contributed by atoms with E-state index in [-0.39, 0.29) is 164 Å². The van der Waals surface area contributed by atoms with Crippen molar-refractivity contribution in [3.05, 3.63) is 0 Å². The fourth-order valence-corrected chi connectivity index (χ4v) is 0. The molecular weight excluding hydrogens is 341 g/mol. The van der Waals surface area contributed by atoms with E-state index in [0.717, 1.165) is 0 Å². The van der Waals surface area contributed by atoms with Crippen molar-refractivity contribution < 1.29 is 0 Å². The van der Waals surface area contributed by atoms with Crippen LogP contribution in [-0.2, 0) is 0 Å². The van der Waals surface area contributed by atoms with Crippen LogP contribution in [0, 0.1) is 0 Å². The van der Waals surface area contributed by atoms with Gasteiger partial charge in [0, 0.05) is 0 Å². The summed E-state index contributed by atoms with van der Waals surface area (Å²) in [6.07, 6.45) is 0. The second-order valence-electron chi connectivity index (χ2n) is 0. The Balaban J connectivity index is 0. The molecule has 0 rings (SSSR count). The number of hydrogen-bond acceptors (Lipinski definition) is 0. The Morgan fingerprint density at radius 2 is 0.800 bits per heavy atom. The molecule has 0 aliphatic carbocycles. The average Bonchev–Trinajstić information content (AvgIpc) is 0. The van der Waals surface area contributed by atoms with E-state index in [2.05, 4.69) is 0 Å². The van der Waals surface area contributed by atoms with Crippen molar-refractivity contribution in [2.75, 3.05) is 0 Å². The van der Waals surface area contributed by atoms with Crippen LogP contribution in [0.5, 0.6) is 0 Å². The summed E-state index contributed by atoms with van der Waals surface area (Å²) in [5.74, 6) is 0. The Labute approximate surface area is 159 Å². The summed E-state index contributed by atoms with van der Waals surface area (Å²) in [4.78, 5) is 0. The van der Waals surface area contributed by atoms with Crippen LogP contribution in [-0.4, -0.2) is 128 Å². The Hall–Kier alpha value is 5.07. The molecule has 0 fully saturated rings. The van der Waals surface area contributed by atoms with Crippen molar-refractivity contribution in [3.8, 4) is 0 Å². The first-order valence-electron chi connectivity index (χ1n) is 0. The molecule has 0 unspecified atom stereocenters. The number of rotatable bonds is 0. The van der Waals surface area contributed by atoms with Crippen molar-refractivity contribution in [3.63, 3.8) is 0 Å². The first kappa shape index (κ1) is 32.2. The summed E-state index contributed by atoms with van der Waals surface area (Å²) >= 11 is 0. The van der Waals surface area contributed by atoms with E-state index in [1.165, 1.54) is 0 Å². The third kappa shape index (κ3) is 17.6. The molecule has 0 aliphatic heterocycles. The molecule has 0 aromatic rings. The second kappa shape index (κ2) is 23.0. The van der Waals surface area contributed by atoms with Gasteiger partial charge in [0.05, 0.1) is 0 Å². The Bertz CT molecular complexity index is 9.61. The van der Waals surface area contributed by atoms with Crippen molar-refractivity contribution >= 4 is 164 Å². The van der Waals surface area contributed by atoms with Crippen LogP contribution >= 0.6 is 36.4 Å². The second-order valence-corrected chi connectivity index (χ2v) is 0. The van der Waals surface area contributed by atoms with Crippen LogP contribution in [0.25, 0.3) is 0 Å². The van der Waals surface area contributed by atoms with E-state index in [9.17, 15) is 0 Å². The summed E-state index contributed by atoms with van der Waals surface area (Å²) in [6.45, 7) is 0. The van der Waals surface area contributed by atoms with Gasteiger partial charge in [0.15, 0.2) is 0 Å². The Morgan fingerprint density at radius 1 is 0.800 bits per heavy atom. The van der Waals surface area contributed by atoms with E-state index in [4.69, 9.17) is 0 Å². The van der Waals surface area contributed by atoms with E-state index in [1.807, 2.05) is 0 Å². The van der Waals surface area contributed by atoms with Gasteiger partial charge in [-0.3, -0.25) is 0 Å². The SMILES string of the molecule is Cl.I.[CsH].[NaH].[NaH]. The molecule has 0 aromatic carbocycles. The van der Waals surface area contributed by atoms with Gasteiger partial charge in [-0.15, -0.1) is 36.4 Å². The van der Waals surface area contributed by atoms with Crippen LogP contribution < -0.4 is 0 Å². The quantitative estimate of drug-likeness (QED) is 0.394. The molecule has 0 aromatic heterocycles. The van der Waals surface area contributed by atoms with Crippen LogP contribution in [0.4, 0.5) is 0 Å². The zero-order chi connectivity index (χ0) is 0. The monoisotopic (exact) mass is 346 g/mol. The summed E-state index contributed by atoms with van der Waals surface area (Å²) in [5.41, 5.74) is 0. The van der Waals surface area contributed by atoms with Gasteiger partial charge in [-0.05, 0) is 0 Å². The normalized spacial score (nSPS) is 0. The van der Waals surface area contributed by atoms with Gasteiger partial charge < -0.3 is 0 Å². The first-order chi connectivity index (χ1) is 0. The Kier molecular flexibility index (Phi) is 148. The average molecular weight is 346 g/mol. The maximum absolute atomic E-state index is 0. The third-order valence-electron chi connectivity index (χ3n) is 0. The van der Waals surface area contributed by atoms with Crippen LogP contribution in [0.2, 0.25) is 0 Å². The predicted octanol–water partition coefficient (Wildman–Crippen LogP) is -0.906. The molecule has 0 bridgehead atoms. The topological polar surface area (TPSA) is 0 Å². The molecule has 5 heteroatoms. The Morgan fingerprint density at radius 3 is 0.800 bits per heavy atom. The number of halogens is 2. The molecule has 0 saturated carbocycles. The van der Waals surface area contributed by atoms with Crippen molar-refractivity contribution in [2.24, 2.45) is 0 Å². The van der Waals surface area contributed by atoms with Crippen molar-refractivity contribution in [1.82, 2.24) is 0 Å². The van der Waals surface area contributed by atoms with Crippen LogP contribution in [0.15, 0.2) is 0 Å². The van der Waals surface area contributed by atoms with Gasteiger partial charge in [-0.2, -0.15) is 0 Å². The molecule has 0 nitrogen and oxygen atoms in total. The molecule has 0 N–H and O–H groups in total. The molecule has 0 radical (unpaired) electrons. The van der Waals surface area contributed by atoms with Gasteiger partial charge in [0.1, 0.15) is 0 Å². The summed E-state index contributed by atoms with van der Waals surface area (Å²) in [7, 11) is 0. The maximum atomic E-state index is 0. The molecule has 5 heavy (non-hydrogen) atoms. The molecule has 0 saturated heterocycles. The zero-order valence-corrected chi connectivity index (χ0v) is 3.96. The predicted molar refractivity (Wildman–Crippen MR) is 44.1 cm³/mol. The molecule has 0 amide bonds. The molecule has 22 valence electrons. The fraction of sp³-hybridized carbons (Fsp3) is 0. The summed E-state index contributed by atoms with van der Waals surface area (Å²) in [6, 6.07) is 0. The van der Waals surface area contributed by atoms with Gasteiger partial charge >= 0.3 is 128 Å². The van der Waals surface area contributed by atoms with Gasteiger partial charge in [0.2, 0.25) is 0 Å². The van der Waals surface area contributed by atoms with E-state index in [1.54, 1.807) is 0 Å². The minimum atomic E-state index is 0. The molecule has 0 spiro atoms. The van der Waals surface area contributed by atoms with Crippen molar-refractivity contribution in [1.29, 1.82) is 0 Å². The summed E-state index contributed by atoms with van der Waals surface area (Å²) in [5, 5.41) is 0. The minimum absolute atomic E-state index is 0. The zero-order valence-electron chi connectivity index (χ0n) is 0.816. The van der Waals surface area contributed by atoms with Gasteiger partial charge in [-0.1, -0.05) is 0 Å². The fourth-order valence-electron chi connectivity index (χ4n) is 0. The first-order valence-corrected chi connectivity index (χ1v) is 0. The summed E-state index contributed by atoms with van der Waals surface area (Å²) < 4.78 is 0. The van der Waals surface area contributed by atoms with Crippen molar-refractivity contribution in [2.45, 2.75) is 0 Å². The van der Waals surface area contributed by atoms with Crippen LogP contribution in [0.3, 0.4) is 0 Å². The van der Waals surface area contributed by atoms with E-state index in [0.29, 0.717) is 0 Å².